The normalized spacial score (nSPS) is 17.2. The molecule has 0 unspecified atom stereocenters. The Morgan fingerprint density at radius 2 is 1.77 bits per heavy atom. The lowest BCUT2D eigenvalue weighted by Crippen LogP contribution is -2.44. The maximum absolute atomic E-state index is 12.6. The van der Waals surface area contributed by atoms with Crippen molar-refractivity contribution in [1.82, 2.24) is 4.90 Å². The first kappa shape index (κ1) is 16.6. The first-order valence-corrected chi connectivity index (χ1v) is 8.85. The second kappa shape index (κ2) is 7.58. The minimum atomic E-state index is -0.0745. The molecule has 1 fully saturated rings. The third-order valence-corrected chi connectivity index (χ3v) is 4.67. The van der Waals surface area contributed by atoms with Gasteiger partial charge in [-0.15, -0.1) is 0 Å². The summed E-state index contributed by atoms with van der Waals surface area (Å²) >= 11 is 0. The fourth-order valence-electron chi connectivity index (χ4n) is 3.24. The van der Waals surface area contributed by atoms with Crippen LogP contribution in [0.1, 0.15) is 11.7 Å². The smallest absolute Gasteiger partial charge is 0.260 e. The van der Waals surface area contributed by atoms with E-state index in [1.165, 1.54) is 0 Å². The van der Waals surface area contributed by atoms with Crippen LogP contribution >= 0.6 is 0 Å². The molecule has 0 radical (unpaired) electrons. The molecule has 1 atom stereocenters. The molecule has 0 N–H and O–H groups in total. The van der Waals surface area contributed by atoms with Crippen LogP contribution < -0.4 is 4.74 Å². The Labute approximate surface area is 153 Å². The van der Waals surface area contributed by atoms with Crippen LogP contribution in [0.5, 0.6) is 5.75 Å². The predicted octanol–water partition coefficient (Wildman–Crippen LogP) is 3.82. The molecule has 0 bridgehead atoms. The summed E-state index contributed by atoms with van der Waals surface area (Å²) in [6, 6.07) is 24.0. The molecular formula is C22H21NO3. The fourth-order valence-corrected chi connectivity index (χ4v) is 3.24. The second-order valence-corrected chi connectivity index (χ2v) is 6.41. The van der Waals surface area contributed by atoms with Crippen LogP contribution in [-0.4, -0.2) is 37.1 Å². The van der Waals surface area contributed by atoms with Crippen LogP contribution in [-0.2, 0) is 9.53 Å². The molecule has 0 spiro atoms. The van der Waals surface area contributed by atoms with Gasteiger partial charge in [0.25, 0.3) is 5.91 Å². The molecule has 1 heterocycles. The lowest BCUT2D eigenvalue weighted by atomic mass is 10.1. The van der Waals surface area contributed by atoms with Crippen LogP contribution in [0.25, 0.3) is 10.8 Å². The number of fused-ring (bicyclic) bond motifs is 1. The Morgan fingerprint density at radius 3 is 2.62 bits per heavy atom. The summed E-state index contributed by atoms with van der Waals surface area (Å²) in [6.45, 7) is 1.74. The highest BCUT2D eigenvalue weighted by atomic mass is 16.5. The Bertz CT molecular complexity index is 894. The van der Waals surface area contributed by atoms with E-state index in [2.05, 4.69) is 6.07 Å². The molecule has 3 aromatic rings. The van der Waals surface area contributed by atoms with Gasteiger partial charge in [0, 0.05) is 6.54 Å². The second-order valence-electron chi connectivity index (χ2n) is 6.41. The summed E-state index contributed by atoms with van der Waals surface area (Å²) < 4.78 is 11.6. The van der Waals surface area contributed by atoms with E-state index in [1.54, 1.807) is 0 Å². The number of amides is 1. The van der Waals surface area contributed by atoms with Crippen LogP contribution in [0.15, 0.2) is 72.8 Å². The van der Waals surface area contributed by atoms with Crippen LogP contribution in [0.2, 0.25) is 0 Å². The summed E-state index contributed by atoms with van der Waals surface area (Å²) in [7, 11) is 0. The fraction of sp³-hybridized carbons (Fsp3) is 0.227. The Hall–Kier alpha value is -2.85. The van der Waals surface area contributed by atoms with Gasteiger partial charge in [-0.05, 0) is 28.5 Å². The van der Waals surface area contributed by atoms with Crippen LogP contribution in [0.3, 0.4) is 0 Å². The van der Waals surface area contributed by atoms with Crippen LogP contribution in [0.4, 0.5) is 0 Å². The van der Waals surface area contributed by atoms with Crippen molar-refractivity contribution in [3.63, 3.8) is 0 Å². The minimum Gasteiger partial charge on any atom is -0.484 e. The highest BCUT2D eigenvalue weighted by molar-refractivity contribution is 5.84. The molecule has 0 aliphatic carbocycles. The largest absolute Gasteiger partial charge is 0.484 e. The third kappa shape index (κ3) is 3.70. The molecule has 4 heteroatoms. The third-order valence-electron chi connectivity index (χ3n) is 4.67. The summed E-state index contributed by atoms with van der Waals surface area (Å²) in [6.07, 6.45) is -0.0745. The number of hydrogen-bond acceptors (Lipinski definition) is 3. The lowest BCUT2D eigenvalue weighted by Gasteiger charge is -2.33. The van der Waals surface area contributed by atoms with Crippen LogP contribution in [0, 0.1) is 0 Å². The van der Waals surface area contributed by atoms with Gasteiger partial charge >= 0.3 is 0 Å². The predicted molar refractivity (Wildman–Crippen MR) is 101 cm³/mol. The maximum atomic E-state index is 12.6. The zero-order valence-corrected chi connectivity index (χ0v) is 14.5. The molecule has 26 heavy (non-hydrogen) atoms. The van der Waals surface area contributed by atoms with Gasteiger partial charge in [0.05, 0.1) is 13.2 Å². The van der Waals surface area contributed by atoms with E-state index in [-0.39, 0.29) is 18.6 Å². The zero-order chi connectivity index (χ0) is 17.8. The summed E-state index contributed by atoms with van der Waals surface area (Å²) in [4.78, 5) is 14.4. The van der Waals surface area contributed by atoms with Crippen molar-refractivity contribution < 1.29 is 14.3 Å². The molecular weight excluding hydrogens is 326 g/mol. The first-order chi connectivity index (χ1) is 12.8. The number of ether oxygens (including phenoxy) is 2. The standard InChI is InChI=1S/C22H21NO3/c24-22(16-26-20-11-10-17-6-4-5-9-19(17)14-20)23-12-13-25-21(15-23)18-7-2-1-3-8-18/h1-11,14,21H,12-13,15-16H2/t21-/m0/s1. The van der Waals surface area contributed by atoms with Gasteiger partial charge in [-0.2, -0.15) is 0 Å². The van der Waals surface area contributed by atoms with Gasteiger partial charge in [-0.1, -0.05) is 60.7 Å². The number of hydrogen-bond donors (Lipinski definition) is 0. The van der Waals surface area contributed by atoms with Crippen molar-refractivity contribution in [1.29, 1.82) is 0 Å². The van der Waals surface area contributed by atoms with Gasteiger partial charge in [0.2, 0.25) is 0 Å². The van der Waals surface area contributed by atoms with Gasteiger partial charge in [0.15, 0.2) is 6.61 Å². The van der Waals surface area contributed by atoms with E-state index in [0.29, 0.717) is 25.4 Å². The van der Waals surface area contributed by atoms with E-state index in [9.17, 15) is 4.79 Å². The molecule has 1 saturated heterocycles. The van der Waals surface area contributed by atoms with Gasteiger partial charge in [-0.3, -0.25) is 4.79 Å². The average molecular weight is 347 g/mol. The average Bonchev–Trinajstić information content (AvgIpc) is 2.72. The van der Waals surface area contributed by atoms with E-state index >= 15 is 0 Å². The zero-order valence-electron chi connectivity index (χ0n) is 14.5. The molecule has 0 aromatic heterocycles. The summed E-state index contributed by atoms with van der Waals surface area (Å²) in [5.74, 6) is 0.701. The molecule has 1 aliphatic heterocycles. The molecule has 3 aromatic carbocycles. The molecule has 1 amide bonds. The van der Waals surface area contributed by atoms with Crippen molar-refractivity contribution in [2.75, 3.05) is 26.3 Å². The van der Waals surface area contributed by atoms with Gasteiger partial charge in [-0.25, -0.2) is 0 Å². The molecule has 4 nitrogen and oxygen atoms in total. The Morgan fingerprint density at radius 1 is 1.00 bits per heavy atom. The van der Waals surface area contributed by atoms with E-state index in [4.69, 9.17) is 9.47 Å². The number of carbonyl (C=O) groups excluding carboxylic acids is 1. The van der Waals surface area contributed by atoms with Gasteiger partial charge in [0.1, 0.15) is 11.9 Å². The van der Waals surface area contributed by atoms with Crippen molar-refractivity contribution in [2.24, 2.45) is 0 Å². The quantitative estimate of drug-likeness (QED) is 0.720. The summed E-state index contributed by atoms with van der Waals surface area (Å²) in [5, 5.41) is 2.26. The number of benzene rings is 3. The Kier molecular flexibility index (Phi) is 4.84. The molecule has 132 valence electrons. The first-order valence-electron chi connectivity index (χ1n) is 8.85. The van der Waals surface area contributed by atoms with Crippen molar-refractivity contribution in [3.05, 3.63) is 78.4 Å². The van der Waals surface area contributed by atoms with Crippen molar-refractivity contribution in [3.8, 4) is 5.75 Å². The SMILES string of the molecule is O=C(COc1ccc2ccccc2c1)N1CCO[C@H](c2ccccc2)C1. The highest BCUT2D eigenvalue weighted by Crippen LogP contribution is 2.23. The number of carbonyl (C=O) groups is 1. The minimum absolute atomic E-state index is 0.0117. The Balaban J connectivity index is 1.38. The summed E-state index contributed by atoms with van der Waals surface area (Å²) in [5.41, 5.74) is 1.10. The maximum Gasteiger partial charge on any atom is 0.260 e. The van der Waals surface area contributed by atoms with Gasteiger partial charge < -0.3 is 14.4 Å². The molecule has 1 aliphatic rings. The number of nitrogens with zero attached hydrogens (tertiary/aromatic N) is 1. The topological polar surface area (TPSA) is 38.8 Å². The van der Waals surface area contributed by atoms with Crippen molar-refractivity contribution >= 4 is 16.7 Å². The molecule has 0 saturated carbocycles. The number of morpholine rings is 1. The highest BCUT2D eigenvalue weighted by Gasteiger charge is 2.25. The van der Waals surface area contributed by atoms with E-state index < -0.39 is 0 Å². The number of rotatable bonds is 4. The van der Waals surface area contributed by atoms with E-state index in [1.807, 2.05) is 71.6 Å². The molecule has 4 rings (SSSR count). The monoisotopic (exact) mass is 347 g/mol. The lowest BCUT2D eigenvalue weighted by molar-refractivity contribution is -0.141. The van der Waals surface area contributed by atoms with E-state index in [0.717, 1.165) is 16.3 Å². The van der Waals surface area contributed by atoms with Crippen molar-refractivity contribution in [2.45, 2.75) is 6.10 Å².